The zero-order valence-electron chi connectivity index (χ0n) is 12.7. The summed E-state index contributed by atoms with van der Waals surface area (Å²) in [7, 11) is 0. The standard InChI is InChI=1S/C15H21ClFN3O.ClH/c1-9(2)14(18)15(21)19-10-5-6-20(8-10)11-3-4-13(17)12(16)7-11;/h3-4,7,9-10,14H,5-6,8,18H2,1-2H3,(H,19,21);1H/t10?,14-;/m0./s1. The molecule has 1 fully saturated rings. The van der Waals surface area contributed by atoms with Gasteiger partial charge in [-0.15, -0.1) is 12.4 Å². The predicted molar refractivity (Wildman–Crippen MR) is 90.2 cm³/mol. The number of benzene rings is 1. The molecular weight excluding hydrogens is 328 g/mol. The summed E-state index contributed by atoms with van der Waals surface area (Å²) in [6.07, 6.45) is 0.839. The van der Waals surface area contributed by atoms with Crippen LogP contribution in [0.4, 0.5) is 10.1 Å². The van der Waals surface area contributed by atoms with Crippen molar-refractivity contribution in [2.45, 2.75) is 32.4 Å². The first-order chi connectivity index (χ1) is 9.88. The van der Waals surface area contributed by atoms with Crippen LogP contribution in [0.25, 0.3) is 0 Å². The number of nitrogens with two attached hydrogens (primary N) is 1. The van der Waals surface area contributed by atoms with Gasteiger partial charge >= 0.3 is 0 Å². The largest absolute Gasteiger partial charge is 0.369 e. The minimum absolute atomic E-state index is 0. The maximum atomic E-state index is 13.2. The summed E-state index contributed by atoms with van der Waals surface area (Å²) in [5.41, 5.74) is 6.70. The highest BCUT2D eigenvalue weighted by Crippen LogP contribution is 2.25. The molecule has 2 rings (SSSR count). The van der Waals surface area contributed by atoms with Crippen LogP contribution in [0.5, 0.6) is 0 Å². The van der Waals surface area contributed by atoms with Gasteiger partial charge in [-0.3, -0.25) is 4.79 Å². The average molecular weight is 350 g/mol. The molecule has 1 aliphatic heterocycles. The second-order valence-corrected chi connectivity index (χ2v) is 6.22. The summed E-state index contributed by atoms with van der Waals surface area (Å²) < 4.78 is 13.2. The molecule has 1 saturated heterocycles. The van der Waals surface area contributed by atoms with E-state index in [1.165, 1.54) is 6.07 Å². The van der Waals surface area contributed by atoms with Gasteiger partial charge in [0.2, 0.25) is 5.91 Å². The summed E-state index contributed by atoms with van der Waals surface area (Å²) in [5, 5.41) is 3.09. The van der Waals surface area contributed by atoms with Gasteiger partial charge in [-0.2, -0.15) is 0 Å². The van der Waals surface area contributed by atoms with Crippen molar-refractivity contribution >= 4 is 35.6 Å². The average Bonchev–Trinajstić information content (AvgIpc) is 2.89. The number of nitrogens with zero attached hydrogens (tertiary/aromatic N) is 1. The highest BCUT2D eigenvalue weighted by atomic mass is 35.5. The molecule has 7 heteroatoms. The van der Waals surface area contributed by atoms with Gasteiger partial charge in [0.1, 0.15) is 5.82 Å². The van der Waals surface area contributed by atoms with E-state index in [0.29, 0.717) is 6.54 Å². The first-order valence-electron chi connectivity index (χ1n) is 7.14. The van der Waals surface area contributed by atoms with E-state index in [1.807, 2.05) is 13.8 Å². The molecule has 22 heavy (non-hydrogen) atoms. The highest BCUT2D eigenvalue weighted by molar-refractivity contribution is 6.31. The normalized spacial score (nSPS) is 19.0. The first-order valence-corrected chi connectivity index (χ1v) is 7.52. The Bertz CT molecular complexity index is 528. The predicted octanol–water partition coefficient (Wildman–Crippen LogP) is 2.58. The Morgan fingerprint density at radius 2 is 2.18 bits per heavy atom. The van der Waals surface area contributed by atoms with E-state index in [2.05, 4.69) is 10.2 Å². The van der Waals surface area contributed by atoms with Crippen LogP contribution in [-0.2, 0) is 4.79 Å². The maximum absolute atomic E-state index is 13.2. The van der Waals surface area contributed by atoms with Crippen molar-refractivity contribution in [3.63, 3.8) is 0 Å². The fourth-order valence-corrected chi connectivity index (χ4v) is 2.57. The van der Waals surface area contributed by atoms with Gasteiger partial charge in [-0.05, 0) is 30.5 Å². The van der Waals surface area contributed by atoms with Crippen molar-refractivity contribution < 1.29 is 9.18 Å². The molecule has 4 nitrogen and oxygen atoms in total. The quantitative estimate of drug-likeness (QED) is 0.878. The van der Waals surface area contributed by atoms with Crippen molar-refractivity contribution in [3.05, 3.63) is 29.0 Å². The zero-order chi connectivity index (χ0) is 15.6. The van der Waals surface area contributed by atoms with E-state index < -0.39 is 11.9 Å². The molecular formula is C15H22Cl2FN3O. The van der Waals surface area contributed by atoms with Crippen LogP contribution in [0.2, 0.25) is 5.02 Å². The lowest BCUT2D eigenvalue weighted by Crippen LogP contribution is -2.48. The molecule has 1 aliphatic rings. The van der Waals surface area contributed by atoms with Crippen LogP contribution in [0.15, 0.2) is 18.2 Å². The number of halogens is 3. The molecule has 1 amide bonds. The van der Waals surface area contributed by atoms with E-state index in [4.69, 9.17) is 17.3 Å². The van der Waals surface area contributed by atoms with Crippen molar-refractivity contribution in [2.24, 2.45) is 11.7 Å². The third-order valence-corrected chi connectivity index (χ3v) is 4.11. The Morgan fingerprint density at radius 1 is 1.50 bits per heavy atom. The number of hydrogen-bond donors (Lipinski definition) is 2. The Hall–Kier alpha value is -1.04. The van der Waals surface area contributed by atoms with Crippen LogP contribution < -0.4 is 16.0 Å². The molecule has 1 aromatic rings. The monoisotopic (exact) mass is 349 g/mol. The lowest BCUT2D eigenvalue weighted by Gasteiger charge is -2.21. The minimum atomic E-state index is -0.487. The number of carbonyl (C=O) groups excluding carboxylic acids is 1. The summed E-state index contributed by atoms with van der Waals surface area (Å²) in [5.74, 6) is -0.431. The van der Waals surface area contributed by atoms with E-state index in [1.54, 1.807) is 12.1 Å². The van der Waals surface area contributed by atoms with E-state index in [0.717, 1.165) is 18.7 Å². The molecule has 0 spiro atoms. The van der Waals surface area contributed by atoms with Crippen LogP contribution in [0, 0.1) is 11.7 Å². The van der Waals surface area contributed by atoms with Crippen LogP contribution in [-0.4, -0.2) is 31.1 Å². The van der Waals surface area contributed by atoms with Gasteiger partial charge in [0.15, 0.2) is 0 Å². The second kappa shape index (κ2) is 7.99. The van der Waals surface area contributed by atoms with Gasteiger partial charge < -0.3 is 16.0 Å². The highest BCUT2D eigenvalue weighted by Gasteiger charge is 2.27. The molecule has 0 aromatic heterocycles. The molecule has 1 aromatic carbocycles. The molecule has 3 N–H and O–H groups in total. The number of anilines is 1. The van der Waals surface area contributed by atoms with Crippen molar-refractivity contribution in [1.82, 2.24) is 5.32 Å². The fourth-order valence-electron chi connectivity index (χ4n) is 2.39. The van der Waals surface area contributed by atoms with Crippen molar-refractivity contribution in [1.29, 1.82) is 0 Å². The summed E-state index contributed by atoms with van der Waals surface area (Å²) in [6.45, 7) is 5.32. The Kier molecular flexibility index (Phi) is 6.91. The van der Waals surface area contributed by atoms with E-state index in [-0.39, 0.29) is 35.3 Å². The molecule has 1 unspecified atom stereocenters. The smallest absolute Gasteiger partial charge is 0.237 e. The summed E-state index contributed by atoms with van der Waals surface area (Å²) in [4.78, 5) is 14.0. The third-order valence-electron chi connectivity index (χ3n) is 3.82. The van der Waals surface area contributed by atoms with Gasteiger partial charge in [0.25, 0.3) is 0 Å². The van der Waals surface area contributed by atoms with Gasteiger partial charge in [0.05, 0.1) is 11.1 Å². The lowest BCUT2D eigenvalue weighted by atomic mass is 10.0. The topological polar surface area (TPSA) is 58.4 Å². The molecule has 0 bridgehead atoms. The van der Waals surface area contributed by atoms with Gasteiger partial charge in [0, 0.05) is 24.8 Å². The first kappa shape index (κ1) is 19.0. The van der Waals surface area contributed by atoms with Crippen molar-refractivity contribution in [3.8, 4) is 0 Å². The molecule has 124 valence electrons. The van der Waals surface area contributed by atoms with Crippen molar-refractivity contribution in [2.75, 3.05) is 18.0 Å². The van der Waals surface area contributed by atoms with Gasteiger partial charge in [-0.1, -0.05) is 25.4 Å². The number of rotatable bonds is 4. The molecule has 0 radical (unpaired) electrons. The number of carbonyl (C=O) groups is 1. The van der Waals surface area contributed by atoms with Crippen LogP contribution >= 0.6 is 24.0 Å². The minimum Gasteiger partial charge on any atom is -0.369 e. The Labute approximate surface area is 141 Å². The molecule has 1 heterocycles. The van der Waals surface area contributed by atoms with Crippen LogP contribution in [0.1, 0.15) is 20.3 Å². The molecule has 0 saturated carbocycles. The SMILES string of the molecule is CC(C)[C@H](N)C(=O)NC1CCN(c2ccc(F)c(Cl)c2)C1.Cl. The lowest BCUT2D eigenvalue weighted by molar-refractivity contribution is -0.123. The zero-order valence-corrected chi connectivity index (χ0v) is 14.3. The molecule has 2 atom stereocenters. The maximum Gasteiger partial charge on any atom is 0.237 e. The second-order valence-electron chi connectivity index (χ2n) is 5.81. The number of amides is 1. The van der Waals surface area contributed by atoms with Gasteiger partial charge in [-0.25, -0.2) is 4.39 Å². The van der Waals surface area contributed by atoms with E-state index in [9.17, 15) is 9.18 Å². The van der Waals surface area contributed by atoms with Crippen LogP contribution in [0.3, 0.4) is 0 Å². The summed E-state index contributed by atoms with van der Waals surface area (Å²) >= 11 is 5.80. The van der Waals surface area contributed by atoms with E-state index >= 15 is 0 Å². The Balaban J connectivity index is 0.00000242. The molecule has 0 aliphatic carbocycles. The number of hydrogen-bond acceptors (Lipinski definition) is 3. The number of nitrogens with one attached hydrogen (secondary N) is 1. The Morgan fingerprint density at radius 3 is 2.77 bits per heavy atom. The third kappa shape index (κ3) is 4.48. The fraction of sp³-hybridized carbons (Fsp3) is 0.533. The summed E-state index contributed by atoms with van der Waals surface area (Å²) in [6, 6.07) is 4.25.